The zero-order chi connectivity index (χ0) is 10.6. The van der Waals surface area contributed by atoms with Crippen molar-refractivity contribution in [3.8, 4) is 0 Å². The van der Waals surface area contributed by atoms with Gasteiger partial charge in [0, 0.05) is 23.3 Å². The SMILES string of the molecule is CC(CC(=O)[O-])(CC(=O)[O-])C(=O)[O-]. The summed E-state index contributed by atoms with van der Waals surface area (Å²) in [5, 5.41) is 30.6. The Morgan fingerprint density at radius 2 is 1.31 bits per heavy atom. The van der Waals surface area contributed by atoms with Crippen molar-refractivity contribution in [2.24, 2.45) is 5.41 Å². The van der Waals surface area contributed by atoms with Crippen molar-refractivity contribution in [3.05, 3.63) is 0 Å². The summed E-state index contributed by atoms with van der Waals surface area (Å²) in [6.45, 7) is 0.952. The molecular weight excluding hydrogens is 180 g/mol. The average Bonchev–Trinajstić information content (AvgIpc) is 1.82. The Balaban J connectivity index is 4.62. The number of carboxylic acids is 3. The van der Waals surface area contributed by atoms with Crippen LogP contribution in [0.1, 0.15) is 19.8 Å². The Hall–Kier alpha value is -1.59. The van der Waals surface area contributed by atoms with Gasteiger partial charge in [-0.05, 0) is 12.8 Å². The van der Waals surface area contributed by atoms with E-state index in [0.717, 1.165) is 6.92 Å². The van der Waals surface area contributed by atoms with E-state index in [0.29, 0.717) is 0 Å². The van der Waals surface area contributed by atoms with Crippen LogP contribution in [-0.2, 0) is 14.4 Å². The van der Waals surface area contributed by atoms with Gasteiger partial charge in [-0.3, -0.25) is 0 Å². The van der Waals surface area contributed by atoms with Crippen LogP contribution in [0.15, 0.2) is 0 Å². The summed E-state index contributed by atoms with van der Waals surface area (Å²) in [5.74, 6) is -5.04. The van der Waals surface area contributed by atoms with Crippen LogP contribution in [0.5, 0.6) is 0 Å². The minimum atomic E-state index is -1.97. The van der Waals surface area contributed by atoms with Gasteiger partial charge in [0.2, 0.25) is 0 Å². The van der Waals surface area contributed by atoms with Gasteiger partial charge in [-0.2, -0.15) is 0 Å². The van der Waals surface area contributed by atoms with E-state index in [1.807, 2.05) is 0 Å². The molecule has 0 bridgehead atoms. The summed E-state index contributed by atoms with van der Waals surface area (Å²) in [6.07, 6.45) is -1.83. The van der Waals surface area contributed by atoms with Gasteiger partial charge in [0.1, 0.15) is 0 Å². The molecule has 0 atom stereocenters. The molecular formula is C7H7O6-3. The van der Waals surface area contributed by atoms with Gasteiger partial charge in [-0.15, -0.1) is 0 Å². The average molecular weight is 187 g/mol. The maximum Gasteiger partial charge on any atom is 0.0480 e. The molecule has 0 N–H and O–H groups in total. The molecule has 0 saturated heterocycles. The number of hydrogen-bond donors (Lipinski definition) is 0. The van der Waals surface area contributed by atoms with E-state index in [2.05, 4.69) is 0 Å². The molecule has 0 aromatic rings. The van der Waals surface area contributed by atoms with Crippen molar-refractivity contribution >= 4 is 17.9 Å². The Morgan fingerprint density at radius 3 is 1.46 bits per heavy atom. The quantitative estimate of drug-likeness (QED) is 0.432. The topological polar surface area (TPSA) is 120 Å². The molecule has 0 aliphatic carbocycles. The maximum atomic E-state index is 10.4. The van der Waals surface area contributed by atoms with E-state index in [1.54, 1.807) is 0 Å². The summed E-state index contributed by atoms with van der Waals surface area (Å²) < 4.78 is 0. The number of carboxylic acid groups (broad SMARTS) is 3. The predicted octanol–water partition coefficient (Wildman–Crippen LogP) is -3.98. The van der Waals surface area contributed by atoms with Crippen molar-refractivity contribution in [3.63, 3.8) is 0 Å². The molecule has 13 heavy (non-hydrogen) atoms. The van der Waals surface area contributed by atoms with Crippen LogP contribution < -0.4 is 15.3 Å². The van der Waals surface area contributed by atoms with Gasteiger partial charge >= 0.3 is 0 Å². The third-order valence-corrected chi connectivity index (χ3v) is 1.56. The van der Waals surface area contributed by atoms with Gasteiger partial charge in [0.15, 0.2) is 0 Å². The van der Waals surface area contributed by atoms with Crippen molar-refractivity contribution < 1.29 is 29.7 Å². The fourth-order valence-electron chi connectivity index (χ4n) is 0.844. The summed E-state index contributed by atoms with van der Waals surface area (Å²) in [4.78, 5) is 30.6. The second kappa shape index (κ2) is 3.88. The van der Waals surface area contributed by atoms with Crippen molar-refractivity contribution in [2.45, 2.75) is 19.8 Å². The molecule has 0 aliphatic rings. The largest absolute Gasteiger partial charge is 0.550 e. The lowest BCUT2D eigenvalue weighted by Crippen LogP contribution is -2.47. The highest BCUT2D eigenvalue weighted by Gasteiger charge is 2.26. The molecule has 0 heterocycles. The first-order chi connectivity index (χ1) is 5.78. The first-order valence-corrected chi connectivity index (χ1v) is 3.39. The normalized spacial score (nSPS) is 10.8. The number of rotatable bonds is 5. The third-order valence-electron chi connectivity index (χ3n) is 1.56. The summed E-state index contributed by atoms with van der Waals surface area (Å²) in [5.41, 5.74) is -1.97. The zero-order valence-corrected chi connectivity index (χ0v) is 6.86. The second-order valence-electron chi connectivity index (χ2n) is 2.95. The van der Waals surface area contributed by atoms with Crippen molar-refractivity contribution in [2.75, 3.05) is 0 Å². The monoisotopic (exact) mass is 187 g/mol. The molecule has 0 rings (SSSR count). The van der Waals surface area contributed by atoms with Crippen LogP contribution in [0.3, 0.4) is 0 Å². The van der Waals surface area contributed by atoms with Crippen LogP contribution in [-0.4, -0.2) is 17.9 Å². The van der Waals surface area contributed by atoms with Gasteiger partial charge < -0.3 is 29.7 Å². The van der Waals surface area contributed by atoms with E-state index in [1.165, 1.54) is 0 Å². The molecule has 74 valence electrons. The van der Waals surface area contributed by atoms with Crippen molar-refractivity contribution in [1.29, 1.82) is 0 Å². The second-order valence-corrected chi connectivity index (χ2v) is 2.95. The van der Waals surface area contributed by atoms with E-state index in [-0.39, 0.29) is 0 Å². The summed E-state index contributed by atoms with van der Waals surface area (Å²) in [6, 6.07) is 0. The zero-order valence-electron chi connectivity index (χ0n) is 6.86. The molecule has 0 saturated carbocycles. The van der Waals surface area contributed by atoms with E-state index >= 15 is 0 Å². The first kappa shape index (κ1) is 11.4. The van der Waals surface area contributed by atoms with Crippen LogP contribution in [0.4, 0.5) is 0 Å². The summed E-state index contributed by atoms with van der Waals surface area (Å²) >= 11 is 0. The number of hydrogen-bond acceptors (Lipinski definition) is 6. The van der Waals surface area contributed by atoms with Crippen LogP contribution >= 0.6 is 0 Å². The van der Waals surface area contributed by atoms with Gasteiger partial charge in [-0.25, -0.2) is 0 Å². The third kappa shape index (κ3) is 3.55. The Kier molecular flexibility index (Phi) is 3.41. The fraction of sp³-hybridized carbons (Fsp3) is 0.571. The molecule has 6 heteroatoms. The summed E-state index contributed by atoms with van der Waals surface area (Å²) in [7, 11) is 0. The number of carbonyl (C=O) groups is 3. The molecule has 0 unspecified atom stereocenters. The van der Waals surface area contributed by atoms with E-state index < -0.39 is 36.2 Å². The van der Waals surface area contributed by atoms with Gasteiger partial charge in [-0.1, -0.05) is 6.92 Å². The molecule has 6 nitrogen and oxygen atoms in total. The number of aliphatic carboxylic acids is 3. The molecule has 0 fully saturated rings. The highest BCUT2D eigenvalue weighted by atomic mass is 16.4. The Labute approximate surface area is 73.8 Å². The lowest BCUT2D eigenvalue weighted by atomic mass is 9.83. The number of carbonyl (C=O) groups excluding carboxylic acids is 3. The first-order valence-electron chi connectivity index (χ1n) is 3.39. The smallest absolute Gasteiger partial charge is 0.0480 e. The standard InChI is InChI=1S/C7H10O6/c1-7(6(12)13,2-4(8)9)3-5(10)11/h2-3H2,1H3,(H,8,9)(H,10,11)(H,12,13)/p-3. The Morgan fingerprint density at radius 1 is 1.00 bits per heavy atom. The highest BCUT2D eigenvalue weighted by Crippen LogP contribution is 2.24. The van der Waals surface area contributed by atoms with Crippen molar-refractivity contribution in [1.82, 2.24) is 0 Å². The molecule has 0 aromatic heterocycles. The van der Waals surface area contributed by atoms with Crippen LogP contribution in [0.2, 0.25) is 0 Å². The van der Waals surface area contributed by atoms with E-state index in [4.69, 9.17) is 0 Å². The van der Waals surface area contributed by atoms with Gasteiger partial charge in [0.05, 0.1) is 0 Å². The predicted molar refractivity (Wildman–Crippen MR) is 32.4 cm³/mol. The molecule has 0 aromatic carbocycles. The maximum absolute atomic E-state index is 10.4. The molecule has 0 spiro atoms. The minimum Gasteiger partial charge on any atom is -0.550 e. The van der Waals surface area contributed by atoms with Crippen LogP contribution in [0.25, 0.3) is 0 Å². The molecule has 0 amide bonds. The lowest BCUT2D eigenvalue weighted by Gasteiger charge is -2.31. The molecule has 0 radical (unpaired) electrons. The minimum absolute atomic E-state index is 0.913. The van der Waals surface area contributed by atoms with Gasteiger partial charge in [0.25, 0.3) is 0 Å². The highest BCUT2D eigenvalue weighted by molar-refractivity contribution is 5.83. The van der Waals surface area contributed by atoms with E-state index in [9.17, 15) is 29.7 Å². The van der Waals surface area contributed by atoms with Crippen LogP contribution in [0, 0.1) is 5.41 Å². The molecule has 0 aliphatic heterocycles. The lowest BCUT2D eigenvalue weighted by molar-refractivity contribution is -0.333. The fourth-order valence-corrected chi connectivity index (χ4v) is 0.844. The Bertz CT molecular complexity index is 227.